The topological polar surface area (TPSA) is 3.24 Å². The van der Waals surface area contributed by atoms with Gasteiger partial charge in [0, 0.05) is 11.3 Å². The van der Waals surface area contributed by atoms with Crippen LogP contribution in [0.25, 0.3) is 22.9 Å². The summed E-state index contributed by atoms with van der Waals surface area (Å²) >= 11 is 0. The second kappa shape index (κ2) is 19.9. The summed E-state index contributed by atoms with van der Waals surface area (Å²) < 4.78 is 0. The predicted molar refractivity (Wildman–Crippen MR) is 241 cm³/mol. The first-order valence-electron chi connectivity index (χ1n) is 19.1. The molecule has 0 heterocycles. The van der Waals surface area contributed by atoms with Crippen LogP contribution in [0.4, 0.5) is 5.69 Å². The highest BCUT2D eigenvalue weighted by Gasteiger charge is 2.25. The summed E-state index contributed by atoms with van der Waals surface area (Å²) in [6.07, 6.45) is 40.8. The molecule has 1 nitrogen and oxygen atoms in total. The van der Waals surface area contributed by atoms with Gasteiger partial charge in [-0.2, -0.15) is 0 Å². The molecule has 0 unspecified atom stereocenters. The molecule has 0 aromatic heterocycles. The van der Waals surface area contributed by atoms with Gasteiger partial charge in [-0.05, 0) is 89.4 Å². The second-order valence-electron chi connectivity index (χ2n) is 13.1. The van der Waals surface area contributed by atoms with Gasteiger partial charge in [-0.15, -0.1) is 0 Å². The number of allylic oxidation sites excluding steroid dienone is 21. The summed E-state index contributed by atoms with van der Waals surface area (Å²) in [6.45, 7) is 7.99. The molecule has 0 fully saturated rings. The molecule has 0 radical (unpaired) electrons. The van der Waals surface area contributed by atoms with E-state index in [9.17, 15) is 0 Å². The van der Waals surface area contributed by atoms with Gasteiger partial charge in [0.05, 0.1) is 11.4 Å². The molecule has 2 aliphatic rings. The van der Waals surface area contributed by atoms with E-state index in [2.05, 4.69) is 219 Å². The number of benzene rings is 4. The zero-order valence-electron chi connectivity index (χ0n) is 31.9. The van der Waals surface area contributed by atoms with Gasteiger partial charge in [-0.3, -0.25) is 0 Å². The van der Waals surface area contributed by atoms with Crippen molar-refractivity contribution < 1.29 is 0 Å². The lowest BCUT2D eigenvalue weighted by Crippen LogP contribution is -2.22. The lowest BCUT2D eigenvalue weighted by molar-refractivity contribution is 1.16. The van der Waals surface area contributed by atoms with Crippen LogP contribution in [0.2, 0.25) is 0 Å². The Hall–Kier alpha value is -6.70. The molecule has 2 aliphatic carbocycles. The Kier molecular flexibility index (Phi) is 13.8. The Morgan fingerprint density at radius 1 is 0.600 bits per heavy atom. The van der Waals surface area contributed by atoms with E-state index in [1.807, 2.05) is 31.2 Å². The highest BCUT2D eigenvalue weighted by atomic mass is 15.2. The van der Waals surface area contributed by atoms with Gasteiger partial charge in [0.1, 0.15) is 0 Å². The molecule has 0 N–H and O–H groups in total. The number of anilines is 1. The molecule has 0 saturated heterocycles. The van der Waals surface area contributed by atoms with E-state index in [4.69, 9.17) is 0 Å². The Balaban J connectivity index is 1.50. The molecular formula is C54H49N. The largest absolute Gasteiger partial charge is 0.310 e. The number of rotatable bonds is 13. The average Bonchev–Trinajstić information content (AvgIpc) is 3.58. The predicted octanol–water partition coefficient (Wildman–Crippen LogP) is 14.6. The lowest BCUT2D eigenvalue weighted by atomic mass is 9.92. The van der Waals surface area contributed by atoms with E-state index < -0.39 is 0 Å². The van der Waals surface area contributed by atoms with Crippen LogP contribution >= 0.6 is 0 Å². The van der Waals surface area contributed by atoms with Gasteiger partial charge in [0.25, 0.3) is 0 Å². The fraction of sp³-hybridized carbons (Fsp3) is 0.0741. The van der Waals surface area contributed by atoms with Crippen LogP contribution < -0.4 is 4.90 Å². The van der Waals surface area contributed by atoms with Crippen molar-refractivity contribution in [2.45, 2.75) is 26.7 Å². The normalized spacial score (nSPS) is 15.4. The van der Waals surface area contributed by atoms with Crippen molar-refractivity contribution in [2.24, 2.45) is 0 Å². The minimum absolute atomic E-state index is 0.799. The maximum Gasteiger partial charge on any atom is 0.0534 e. The van der Waals surface area contributed by atoms with Gasteiger partial charge in [-0.1, -0.05) is 213 Å². The first kappa shape index (κ1) is 38.0. The summed E-state index contributed by atoms with van der Waals surface area (Å²) in [5.74, 6) is 0. The van der Waals surface area contributed by atoms with Gasteiger partial charge in [-0.25, -0.2) is 0 Å². The quantitative estimate of drug-likeness (QED) is 0.125. The molecule has 55 heavy (non-hydrogen) atoms. The molecule has 4 aromatic rings. The zero-order valence-corrected chi connectivity index (χ0v) is 31.9. The molecular weight excluding hydrogens is 663 g/mol. The Morgan fingerprint density at radius 2 is 1.29 bits per heavy atom. The van der Waals surface area contributed by atoms with E-state index in [-0.39, 0.29) is 0 Å². The molecule has 0 bridgehead atoms. The van der Waals surface area contributed by atoms with Crippen LogP contribution in [-0.2, 0) is 0 Å². The van der Waals surface area contributed by atoms with Crippen molar-refractivity contribution in [2.75, 3.05) is 4.90 Å². The Bertz CT molecular complexity index is 2290. The first-order chi connectivity index (χ1) is 27.2. The molecule has 0 aliphatic heterocycles. The zero-order chi connectivity index (χ0) is 38.1. The third-order valence-electron chi connectivity index (χ3n) is 9.36. The van der Waals surface area contributed by atoms with Crippen LogP contribution in [-0.4, -0.2) is 0 Å². The van der Waals surface area contributed by atoms with Crippen LogP contribution in [0.5, 0.6) is 0 Å². The van der Waals surface area contributed by atoms with Crippen molar-refractivity contribution in [1.29, 1.82) is 0 Å². The van der Waals surface area contributed by atoms with E-state index in [1.54, 1.807) is 0 Å². The van der Waals surface area contributed by atoms with Crippen LogP contribution in [0.15, 0.2) is 248 Å². The van der Waals surface area contributed by atoms with E-state index >= 15 is 0 Å². The Morgan fingerprint density at radius 3 is 1.98 bits per heavy atom. The van der Waals surface area contributed by atoms with E-state index in [1.165, 1.54) is 22.3 Å². The highest BCUT2D eigenvalue weighted by Crippen LogP contribution is 2.41. The molecule has 0 spiro atoms. The standard InChI is InChI=1S/C54H49N/c1-4-7-35-53(48-29-16-10-17-30-48)55(54-36-21-34-50(47-27-14-9-15-28-47)51-32-18-11-19-33-52(51)54)49-41-39-46(40-42-49)45(38-37-44-24-12-8-13-25-44)31-20-26-43(22-5-2)23-6-3/h4-10,12-20,22-42H,2,11,21H2,1,3H3/b7-4-,23-6-,26-20+,38-37+,43-22+,45-31+,53-35+. The first-order valence-corrected chi connectivity index (χ1v) is 19.1. The maximum atomic E-state index is 3.89. The van der Waals surface area contributed by atoms with Crippen LogP contribution in [0.3, 0.4) is 0 Å². The summed E-state index contributed by atoms with van der Waals surface area (Å²) in [7, 11) is 0. The van der Waals surface area contributed by atoms with E-state index in [0.29, 0.717) is 0 Å². The second-order valence-corrected chi connectivity index (χ2v) is 13.1. The monoisotopic (exact) mass is 711 g/mol. The van der Waals surface area contributed by atoms with Crippen LogP contribution in [0, 0.1) is 0 Å². The van der Waals surface area contributed by atoms with Gasteiger partial charge in [0.2, 0.25) is 0 Å². The van der Waals surface area contributed by atoms with E-state index in [0.717, 1.165) is 57.8 Å². The number of hydrogen-bond donors (Lipinski definition) is 0. The minimum Gasteiger partial charge on any atom is -0.310 e. The highest BCUT2D eigenvalue weighted by molar-refractivity contribution is 5.91. The lowest BCUT2D eigenvalue weighted by Gasteiger charge is -2.32. The van der Waals surface area contributed by atoms with Crippen molar-refractivity contribution >= 4 is 28.6 Å². The summed E-state index contributed by atoms with van der Waals surface area (Å²) in [4.78, 5) is 2.44. The van der Waals surface area contributed by atoms with Crippen LogP contribution in [0.1, 0.15) is 48.9 Å². The SMILES string of the molecule is C=C/C=C(\C=C/C)/C=C/C=C(\C=C\c1ccccc1)c1ccc(N(C2=CCC=C(c3ccccc3)C3=C2C=CCC=C3)/C(=C/C=C\C)c2ccccc2)cc1. The van der Waals surface area contributed by atoms with Crippen molar-refractivity contribution in [3.05, 3.63) is 270 Å². The third kappa shape index (κ3) is 10.0. The number of hydrogen-bond acceptors (Lipinski definition) is 1. The van der Waals surface area contributed by atoms with Crippen molar-refractivity contribution in [3.8, 4) is 0 Å². The smallest absolute Gasteiger partial charge is 0.0534 e. The van der Waals surface area contributed by atoms with Crippen molar-refractivity contribution in [1.82, 2.24) is 0 Å². The molecule has 270 valence electrons. The molecule has 6 rings (SSSR count). The minimum atomic E-state index is 0.799. The summed E-state index contributed by atoms with van der Waals surface area (Å²) in [5, 5.41) is 0. The van der Waals surface area contributed by atoms with Gasteiger partial charge < -0.3 is 4.90 Å². The number of nitrogens with zero attached hydrogens (tertiary/aromatic N) is 1. The summed E-state index contributed by atoms with van der Waals surface area (Å²) in [6, 6.07) is 40.9. The maximum absolute atomic E-state index is 3.89. The van der Waals surface area contributed by atoms with Crippen molar-refractivity contribution in [3.63, 3.8) is 0 Å². The Labute approximate surface area is 328 Å². The van der Waals surface area contributed by atoms with Gasteiger partial charge >= 0.3 is 0 Å². The molecule has 1 heteroatoms. The third-order valence-corrected chi connectivity index (χ3v) is 9.36. The summed E-state index contributed by atoms with van der Waals surface area (Å²) in [5.41, 5.74) is 13.9. The molecule has 4 aromatic carbocycles. The fourth-order valence-electron chi connectivity index (χ4n) is 6.76. The molecule has 0 amide bonds. The molecule has 0 saturated carbocycles. The molecule has 0 atom stereocenters. The fourth-order valence-corrected chi connectivity index (χ4v) is 6.76. The van der Waals surface area contributed by atoms with Gasteiger partial charge in [0.15, 0.2) is 0 Å². The average molecular weight is 712 g/mol.